The lowest BCUT2D eigenvalue weighted by molar-refractivity contribution is -0.157. The van der Waals surface area contributed by atoms with Crippen molar-refractivity contribution in [2.75, 3.05) is 6.54 Å². The van der Waals surface area contributed by atoms with Crippen molar-refractivity contribution in [1.82, 2.24) is 5.32 Å². The number of esters is 1. The second-order valence-electron chi connectivity index (χ2n) is 7.37. The maximum atomic E-state index is 12.8. The molecule has 2 aromatic carbocycles. The lowest BCUT2D eigenvalue weighted by Crippen LogP contribution is -2.44. The molecular formula is C21H28N2O3. The van der Waals surface area contributed by atoms with Crippen molar-refractivity contribution in [3.8, 4) is 0 Å². The molecular weight excluding hydrogens is 328 g/mol. The first-order valence-corrected chi connectivity index (χ1v) is 9.03. The van der Waals surface area contributed by atoms with Crippen molar-refractivity contribution in [3.63, 3.8) is 0 Å². The van der Waals surface area contributed by atoms with E-state index in [9.17, 15) is 9.59 Å². The second kappa shape index (κ2) is 8.81. The van der Waals surface area contributed by atoms with E-state index >= 15 is 0 Å². The molecule has 0 aliphatic heterocycles. The summed E-state index contributed by atoms with van der Waals surface area (Å²) in [4.78, 5) is 25.3. The molecule has 5 heteroatoms. The third-order valence-corrected chi connectivity index (χ3v) is 3.98. The zero-order valence-corrected chi connectivity index (χ0v) is 15.7. The van der Waals surface area contributed by atoms with Gasteiger partial charge in [-0.1, -0.05) is 36.4 Å². The summed E-state index contributed by atoms with van der Waals surface area (Å²) in [7, 11) is 0. The molecule has 26 heavy (non-hydrogen) atoms. The number of unbranched alkanes of at least 4 members (excludes halogenated alkanes) is 1. The van der Waals surface area contributed by atoms with Crippen LogP contribution in [0.15, 0.2) is 42.5 Å². The Labute approximate surface area is 154 Å². The molecule has 2 rings (SSSR count). The van der Waals surface area contributed by atoms with Gasteiger partial charge in [0.25, 0.3) is 5.91 Å². The molecule has 0 heterocycles. The summed E-state index contributed by atoms with van der Waals surface area (Å²) in [6, 6.07) is 12.6. The number of hydrogen-bond donors (Lipinski definition) is 2. The van der Waals surface area contributed by atoms with E-state index in [0.717, 1.165) is 23.6 Å². The SMILES string of the molecule is CC(C)(C)OC(=O)[C@H](CCCCN)NC(=O)c1cccc2ccccc12. The maximum Gasteiger partial charge on any atom is 0.329 e. The Kier molecular flexibility index (Phi) is 6.75. The number of amides is 1. The Morgan fingerprint density at radius 1 is 1.08 bits per heavy atom. The number of nitrogens with two attached hydrogens (primary N) is 1. The standard InChI is InChI=1S/C21H28N2O3/c1-21(2,3)26-20(25)18(13-6-7-14-22)23-19(24)17-12-8-10-15-9-4-5-11-16(15)17/h4-5,8-12,18H,6-7,13-14,22H2,1-3H3,(H,23,24)/t18-/m0/s1. The van der Waals surface area contributed by atoms with Crippen molar-refractivity contribution in [2.45, 2.75) is 51.7 Å². The first-order valence-electron chi connectivity index (χ1n) is 9.03. The molecule has 0 radical (unpaired) electrons. The van der Waals surface area contributed by atoms with Gasteiger partial charge in [0.2, 0.25) is 0 Å². The number of carbonyl (C=O) groups excluding carboxylic acids is 2. The summed E-state index contributed by atoms with van der Waals surface area (Å²) >= 11 is 0. The van der Waals surface area contributed by atoms with E-state index in [1.54, 1.807) is 6.07 Å². The normalized spacial score (nSPS) is 12.6. The van der Waals surface area contributed by atoms with Crippen molar-refractivity contribution < 1.29 is 14.3 Å². The Morgan fingerprint density at radius 2 is 1.77 bits per heavy atom. The quantitative estimate of drug-likeness (QED) is 0.588. The number of rotatable bonds is 7. The summed E-state index contributed by atoms with van der Waals surface area (Å²) in [6.45, 7) is 6.00. The van der Waals surface area contributed by atoms with Crippen LogP contribution in [0.3, 0.4) is 0 Å². The second-order valence-corrected chi connectivity index (χ2v) is 7.37. The Bertz CT molecular complexity index is 760. The van der Waals surface area contributed by atoms with E-state index in [4.69, 9.17) is 10.5 Å². The minimum absolute atomic E-state index is 0.273. The molecule has 0 fully saturated rings. The average molecular weight is 356 g/mol. The van der Waals surface area contributed by atoms with E-state index in [1.807, 2.05) is 57.2 Å². The van der Waals surface area contributed by atoms with Crippen LogP contribution < -0.4 is 11.1 Å². The van der Waals surface area contributed by atoms with Crippen LogP contribution in [0.25, 0.3) is 10.8 Å². The van der Waals surface area contributed by atoms with Crippen molar-refractivity contribution >= 4 is 22.6 Å². The lowest BCUT2D eigenvalue weighted by Gasteiger charge is -2.24. The molecule has 5 nitrogen and oxygen atoms in total. The summed E-state index contributed by atoms with van der Waals surface area (Å²) in [5.74, 6) is -0.687. The topological polar surface area (TPSA) is 81.4 Å². The monoisotopic (exact) mass is 356 g/mol. The number of fused-ring (bicyclic) bond motifs is 1. The highest BCUT2D eigenvalue weighted by Crippen LogP contribution is 2.19. The van der Waals surface area contributed by atoms with E-state index in [-0.39, 0.29) is 5.91 Å². The highest BCUT2D eigenvalue weighted by atomic mass is 16.6. The molecule has 0 aliphatic rings. The molecule has 0 bridgehead atoms. The van der Waals surface area contributed by atoms with Gasteiger partial charge in [-0.2, -0.15) is 0 Å². The molecule has 0 saturated carbocycles. The van der Waals surface area contributed by atoms with Gasteiger partial charge in [0.15, 0.2) is 0 Å². The van der Waals surface area contributed by atoms with Gasteiger partial charge in [-0.3, -0.25) is 4.79 Å². The van der Waals surface area contributed by atoms with Gasteiger partial charge in [0, 0.05) is 5.56 Å². The third-order valence-electron chi connectivity index (χ3n) is 3.98. The van der Waals surface area contributed by atoms with Crippen LogP contribution in [-0.4, -0.2) is 30.1 Å². The van der Waals surface area contributed by atoms with E-state index in [2.05, 4.69) is 5.32 Å². The largest absolute Gasteiger partial charge is 0.458 e. The van der Waals surface area contributed by atoms with Gasteiger partial charge in [-0.05, 0) is 63.4 Å². The van der Waals surface area contributed by atoms with Crippen molar-refractivity contribution in [2.24, 2.45) is 5.73 Å². The van der Waals surface area contributed by atoms with Crippen LogP contribution in [0.5, 0.6) is 0 Å². The minimum Gasteiger partial charge on any atom is -0.458 e. The van der Waals surface area contributed by atoms with E-state index in [1.165, 1.54) is 0 Å². The summed E-state index contributed by atoms with van der Waals surface area (Å²) in [6.07, 6.45) is 2.04. The lowest BCUT2D eigenvalue weighted by atomic mass is 10.0. The summed E-state index contributed by atoms with van der Waals surface area (Å²) in [5, 5.41) is 4.69. The average Bonchev–Trinajstić information content (AvgIpc) is 2.59. The summed E-state index contributed by atoms with van der Waals surface area (Å²) in [5.41, 5.74) is 5.49. The number of benzene rings is 2. The molecule has 0 unspecified atom stereocenters. The van der Waals surface area contributed by atoms with Crippen molar-refractivity contribution in [3.05, 3.63) is 48.0 Å². The molecule has 0 saturated heterocycles. The van der Waals surface area contributed by atoms with Gasteiger partial charge < -0.3 is 15.8 Å². The number of ether oxygens (including phenoxy) is 1. The Morgan fingerprint density at radius 3 is 2.46 bits per heavy atom. The number of nitrogens with one attached hydrogen (secondary N) is 1. The molecule has 3 N–H and O–H groups in total. The van der Waals surface area contributed by atoms with Gasteiger partial charge >= 0.3 is 5.97 Å². The van der Waals surface area contributed by atoms with Crippen LogP contribution >= 0.6 is 0 Å². The molecule has 1 amide bonds. The predicted molar refractivity (Wildman–Crippen MR) is 104 cm³/mol. The highest BCUT2D eigenvalue weighted by Gasteiger charge is 2.27. The van der Waals surface area contributed by atoms with Gasteiger partial charge in [-0.25, -0.2) is 4.79 Å². The Hall–Kier alpha value is -2.40. The van der Waals surface area contributed by atoms with Crippen LogP contribution in [0.2, 0.25) is 0 Å². The van der Waals surface area contributed by atoms with E-state index in [0.29, 0.717) is 18.5 Å². The summed E-state index contributed by atoms with van der Waals surface area (Å²) < 4.78 is 5.47. The smallest absolute Gasteiger partial charge is 0.329 e. The van der Waals surface area contributed by atoms with Crippen LogP contribution in [0.1, 0.15) is 50.4 Å². The van der Waals surface area contributed by atoms with E-state index < -0.39 is 17.6 Å². The Balaban J connectivity index is 2.20. The fourth-order valence-electron chi connectivity index (χ4n) is 2.77. The molecule has 0 aliphatic carbocycles. The molecule has 140 valence electrons. The highest BCUT2D eigenvalue weighted by molar-refractivity contribution is 6.07. The maximum absolute atomic E-state index is 12.8. The third kappa shape index (κ3) is 5.56. The fourth-order valence-corrected chi connectivity index (χ4v) is 2.77. The van der Waals surface area contributed by atoms with Crippen molar-refractivity contribution in [1.29, 1.82) is 0 Å². The predicted octanol–water partition coefficient (Wildman–Crippen LogP) is 3.41. The number of hydrogen-bond acceptors (Lipinski definition) is 4. The minimum atomic E-state index is -0.688. The molecule has 0 spiro atoms. The van der Waals surface area contributed by atoms with Crippen LogP contribution in [-0.2, 0) is 9.53 Å². The van der Waals surface area contributed by atoms with Gasteiger partial charge in [0.1, 0.15) is 11.6 Å². The molecule has 1 atom stereocenters. The molecule has 2 aromatic rings. The van der Waals surface area contributed by atoms with Gasteiger partial charge in [0.05, 0.1) is 0 Å². The number of carbonyl (C=O) groups is 2. The first-order chi connectivity index (χ1) is 12.3. The van der Waals surface area contributed by atoms with Crippen LogP contribution in [0.4, 0.5) is 0 Å². The van der Waals surface area contributed by atoms with Crippen LogP contribution in [0, 0.1) is 0 Å². The fraction of sp³-hybridized carbons (Fsp3) is 0.429. The first kappa shape index (κ1) is 19.9. The van der Waals surface area contributed by atoms with Gasteiger partial charge in [-0.15, -0.1) is 0 Å². The molecule has 0 aromatic heterocycles. The zero-order chi connectivity index (χ0) is 19.2. The zero-order valence-electron chi connectivity index (χ0n) is 15.7.